The molecular weight excluding hydrogens is 505 g/mol. The van der Waals surface area contributed by atoms with Gasteiger partial charge in [0, 0.05) is 27.4 Å². The van der Waals surface area contributed by atoms with E-state index in [4.69, 9.17) is 13.3 Å². The van der Waals surface area contributed by atoms with E-state index < -0.39 is 25.0 Å². The Morgan fingerprint density at radius 2 is 0.784 bits per heavy atom. The van der Waals surface area contributed by atoms with E-state index in [1.807, 2.05) is 0 Å². The molecule has 0 N–H and O–H groups in total. The molecule has 3 nitrogen and oxygen atoms in total. The Morgan fingerprint density at radius 3 is 1.14 bits per heavy atom. The topological polar surface area (TPSA) is 27.7 Å². The van der Waals surface area contributed by atoms with E-state index in [9.17, 15) is 0 Å². The smallest absolute Gasteiger partial charge is 0.377 e. The molecule has 0 saturated carbocycles. The fourth-order valence-corrected chi connectivity index (χ4v) is 12.5. The molecule has 0 fully saturated rings. The lowest BCUT2D eigenvalue weighted by atomic mass is 10.1. The van der Waals surface area contributed by atoms with Crippen LogP contribution >= 0.6 is 0 Å². The van der Waals surface area contributed by atoms with Gasteiger partial charge in [-0.15, -0.1) is 0 Å². The molecule has 216 valence electrons. The lowest BCUT2D eigenvalue weighted by molar-refractivity contribution is 0.123. The van der Waals surface area contributed by atoms with Gasteiger partial charge in [-0.25, -0.2) is 0 Å². The van der Waals surface area contributed by atoms with Crippen LogP contribution < -0.4 is 10.4 Å². The minimum absolute atomic E-state index is 0.893. The summed E-state index contributed by atoms with van der Waals surface area (Å²) < 4.78 is 16.8. The largest absolute Gasteiger partial charge is 0.500 e. The first-order chi connectivity index (χ1) is 17.7. The number of unbranched alkanes of at least 4 members (excludes halogenated alkanes) is 12. The maximum absolute atomic E-state index is 5.61. The second kappa shape index (κ2) is 18.9. The van der Waals surface area contributed by atoms with Crippen molar-refractivity contribution in [1.29, 1.82) is 0 Å². The highest BCUT2D eigenvalue weighted by Crippen LogP contribution is 2.22. The third-order valence-electron chi connectivity index (χ3n) is 8.57. The van der Waals surface area contributed by atoms with Gasteiger partial charge in [0.1, 0.15) is 0 Å². The molecule has 1 aromatic carbocycles. The number of hydrogen-bond donors (Lipinski definition) is 0. The molecule has 0 heterocycles. The van der Waals surface area contributed by atoms with Gasteiger partial charge in [0.05, 0.1) is 16.1 Å². The highest BCUT2D eigenvalue weighted by molar-refractivity contribution is 6.91. The highest BCUT2D eigenvalue weighted by atomic mass is 28.4. The normalized spacial score (nSPS) is 12.9. The van der Waals surface area contributed by atoms with Crippen molar-refractivity contribution < 1.29 is 13.3 Å². The summed E-state index contributed by atoms with van der Waals surface area (Å²) in [6, 6.07) is 13.4. The Bertz CT molecular complexity index is 679. The Kier molecular flexibility index (Phi) is 17.8. The van der Waals surface area contributed by atoms with Crippen LogP contribution in [0.25, 0.3) is 0 Å². The molecule has 0 aliphatic rings. The van der Waals surface area contributed by atoms with Gasteiger partial charge in [0.25, 0.3) is 0 Å². The van der Waals surface area contributed by atoms with Gasteiger partial charge in [-0.05, 0) is 0 Å². The van der Waals surface area contributed by atoms with E-state index in [2.05, 4.69) is 57.4 Å². The second-order valence-corrected chi connectivity index (χ2v) is 25.3. The van der Waals surface area contributed by atoms with Crippen molar-refractivity contribution in [2.75, 3.05) is 21.3 Å². The Balaban J connectivity index is 2.32. The highest BCUT2D eigenvalue weighted by Gasteiger charge is 2.38. The third-order valence-corrected chi connectivity index (χ3v) is 18.4. The lowest BCUT2D eigenvalue weighted by Crippen LogP contribution is -2.46. The minimum Gasteiger partial charge on any atom is -0.377 e. The zero-order valence-electron chi connectivity index (χ0n) is 26.1. The maximum atomic E-state index is 5.61. The fourth-order valence-electron chi connectivity index (χ4n) is 5.55. The Labute approximate surface area is 234 Å². The van der Waals surface area contributed by atoms with E-state index >= 15 is 0 Å². The number of benzene rings is 1. The van der Waals surface area contributed by atoms with E-state index in [0.29, 0.717) is 0 Å². The van der Waals surface area contributed by atoms with Crippen LogP contribution in [0, 0.1) is 0 Å². The molecule has 0 amide bonds. The molecule has 0 radical (unpaired) electrons. The maximum Gasteiger partial charge on any atom is 0.500 e. The first-order valence-electron chi connectivity index (χ1n) is 15.4. The SMILES string of the molecule is CCCCCCCCCCCCCCC[Si](C)(C)c1ccc([Si](C)(C)CCC[Si](OC)(OC)OC)cc1. The van der Waals surface area contributed by atoms with Crippen LogP contribution in [0.2, 0.25) is 44.3 Å². The lowest BCUT2D eigenvalue weighted by Gasteiger charge is -2.28. The number of rotatable bonds is 23. The van der Waals surface area contributed by atoms with Crippen LogP contribution in [0.1, 0.15) is 96.8 Å². The molecule has 0 aliphatic heterocycles. The predicted molar refractivity (Wildman–Crippen MR) is 172 cm³/mol. The van der Waals surface area contributed by atoms with Gasteiger partial charge in [0.15, 0.2) is 0 Å². The molecule has 0 bridgehead atoms. The molecular formula is C31H62O3Si3. The summed E-state index contributed by atoms with van der Waals surface area (Å²) >= 11 is 0. The molecule has 37 heavy (non-hydrogen) atoms. The number of hydrogen-bond acceptors (Lipinski definition) is 3. The van der Waals surface area contributed by atoms with E-state index in [1.54, 1.807) is 31.7 Å². The van der Waals surface area contributed by atoms with Gasteiger partial charge >= 0.3 is 8.80 Å². The predicted octanol–water partition coefficient (Wildman–Crippen LogP) is 8.88. The van der Waals surface area contributed by atoms with Crippen LogP contribution in [-0.4, -0.2) is 46.3 Å². The van der Waals surface area contributed by atoms with Crippen molar-refractivity contribution >= 4 is 35.3 Å². The van der Waals surface area contributed by atoms with E-state index in [1.165, 1.54) is 95.6 Å². The van der Waals surface area contributed by atoms with Crippen LogP contribution in [0.3, 0.4) is 0 Å². The van der Waals surface area contributed by atoms with E-state index in [-0.39, 0.29) is 0 Å². The average Bonchev–Trinajstić information content (AvgIpc) is 2.89. The summed E-state index contributed by atoms with van der Waals surface area (Å²) in [5, 5.41) is 3.20. The summed E-state index contributed by atoms with van der Waals surface area (Å²) in [7, 11) is -0.166. The van der Waals surface area contributed by atoms with Gasteiger partial charge in [-0.2, -0.15) is 0 Å². The summed E-state index contributed by atoms with van der Waals surface area (Å²) in [5.74, 6) is 0. The first kappa shape index (κ1) is 34.8. The molecule has 0 saturated heterocycles. The standard InChI is InChI=1S/C31H62O3Si3/c1-9-10-11-12-13-14-15-16-17-18-19-20-21-27-35(5,6)30-23-25-31(26-24-30)36(7,8)28-22-29-37(32-2,33-3)34-4/h23-26H,9-22,27-29H2,1-8H3. The third kappa shape index (κ3) is 13.6. The van der Waals surface area contributed by atoms with Crippen molar-refractivity contribution in [2.45, 2.75) is 141 Å². The van der Waals surface area contributed by atoms with Crippen LogP contribution in [0.15, 0.2) is 24.3 Å². The molecule has 0 spiro atoms. The van der Waals surface area contributed by atoms with Crippen molar-refractivity contribution in [3.8, 4) is 0 Å². The van der Waals surface area contributed by atoms with Crippen molar-refractivity contribution in [2.24, 2.45) is 0 Å². The molecule has 0 aromatic heterocycles. The van der Waals surface area contributed by atoms with Crippen molar-refractivity contribution in [3.05, 3.63) is 24.3 Å². The summed E-state index contributed by atoms with van der Waals surface area (Å²) in [6.07, 6.45) is 19.7. The Morgan fingerprint density at radius 1 is 0.459 bits per heavy atom. The molecule has 6 heteroatoms. The van der Waals surface area contributed by atoms with Gasteiger partial charge in [-0.1, -0.05) is 170 Å². The van der Waals surface area contributed by atoms with Crippen LogP contribution in [-0.2, 0) is 13.3 Å². The first-order valence-corrected chi connectivity index (χ1v) is 23.8. The van der Waals surface area contributed by atoms with E-state index in [0.717, 1.165) is 12.5 Å². The average molecular weight is 567 g/mol. The quantitative estimate of drug-likeness (QED) is 0.0977. The Hall–Kier alpha value is -0.249. The van der Waals surface area contributed by atoms with Gasteiger partial charge < -0.3 is 13.3 Å². The summed E-state index contributed by atoms with van der Waals surface area (Å²) in [6.45, 7) is 12.4. The molecule has 0 aliphatic carbocycles. The minimum atomic E-state index is -2.46. The summed E-state index contributed by atoms with van der Waals surface area (Å²) in [4.78, 5) is 0. The zero-order chi connectivity index (χ0) is 27.6. The molecule has 1 aromatic rings. The van der Waals surface area contributed by atoms with Gasteiger partial charge in [-0.3, -0.25) is 0 Å². The summed E-state index contributed by atoms with van der Waals surface area (Å²) in [5.41, 5.74) is 0. The molecule has 1 rings (SSSR count). The second-order valence-electron chi connectivity index (χ2n) is 12.5. The van der Waals surface area contributed by atoms with Crippen molar-refractivity contribution in [1.82, 2.24) is 0 Å². The monoisotopic (exact) mass is 566 g/mol. The molecule has 0 unspecified atom stereocenters. The van der Waals surface area contributed by atoms with Gasteiger partial charge in [0.2, 0.25) is 0 Å². The van der Waals surface area contributed by atoms with Crippen LogP contribution in [0.4, 0.5) is 0 Å². The zero-order valence-corrected chi connectivity index (χ0v) is 29.1. The fraction of sp³-hybridized carbons (Fsp3) is 0.806. The molecule has 0 atom stereocenters. The van der Waals surface area contributed by atoms with Crippen molar-refractivity contribution in [3.63, 3.8) is 0 Å². The van der Waals surface area contributed by atoms with Crippen LogP contribution in [0.5, 0.6) is 0 Å².